The SMILES string of the molecule is C(=C\c1c2ccccc2cc2ccccc12)/c1cccc2ccccc12. The first-order valence-corrected chi connectivity index (χ1v) is 8.96. The molecule has 26 heavy (non-hydrogen) atoms. The van der Waals surface area contributed by atoms with Crippen LogP contribution in [0.1, 0.15) is 11.1 Å². The van der Waals surface area contributed by atoms with Gasteiger partial charge in [-0.05, 0) is 49.5 Å². The fourth-order valence-electron chi connectivity index (χ4n) is 3.80. The molecule has 122 valence electrons. The van der Waals surface area contributed by atoms with Crippen LogP contribution in [0.25, 0.3) is 44.5 Å². The Hall–Kier alpha value is -3.38. The van der Waals surface area contributed by atoms with E-state index in [-0.39, 0.29) is 0 Å². The monoisotopic (exact) mass is 330 g/mol. The molecular weight excluding hydrogens is 312 g/mol. The number of fused-ring (bicyclic) bond motifs is 3. The van der Waals surface area contributed by atoms with Gasteiger partial charge in [0.25, 0.3) is 0 Å². The Morgan fingerprint density at radius 1 is 0.423 bits per heavy atom. The van der Waals surface area contributed by atoms with Gasteiger partial charge in [0.05, 0.1) is 0 Å². The van der Waals surface area contributed by atoms with Gasteiger partial charge in [-0.3, -0.25) is 0 Å². The average Bonchev–Trinajstić information content (AvgIpc) is 2.71. The maximum absolute atomic E-state index is 2.28. The van der Waals surface area contributed by atoms with E-state index in [0.717, 1.165) is 0 Å². The normalized spacial score (nSPS) is 11.7. The lowest BCUT2D eigenvalue weighted by Gasteiger charge is -2.09. The Morgan fingerprint density at radius 2 is 0.962 bits per heavy atom. The van der Waals surface area contributed by atoms with Crippen molar-refractivity contribution in [3.05, 3.63) is 108 Å². The van der Waals surface area contributed by atoms with Gasteiger partial charge in [0, 0.05) is 0 Å². The zero-order valence-corrected chi connectivity index (χ0v) is 14.4. The van der Waals surface area contributed by atoms with E-state index in [2.05, 4.69) is 109 Å². The molecule has 0 unspecified atom stereocenters. The third kappa shape index (κ3) is 2.48. The molecule has 0 heterocycles. The molecule has 0 aromatic heterocycles. The van der Waals surface area contributed by atoms with E-state index < -0.39 is 0 Å². The van der Waals surface area contributed by atoms with Crippen LogP contribution >= 0.6 is 0 Å². The highest BCUT2D eigenvalue weighted by Gasteiger charge is 2.05. The molecule has 0 bridgehead atoms. The largest absolute Gasteiger partial charge is 0.0616 e. The number of benzene rings is 5. The van der Waals surface area contributed by atoms with Crippen molar-refractivity contribution < 1.29 is 0 Å². The fourth-order valence-corrected chi connectivity index (χ4v) is 3.80. The van der Waals surface area contributed by atoms with Crippen molar-refractivity contribution in [2.45, 2.75) is 0 Å². The third-order valence-electron chi connectivity index (χ3n) is 5.07. The highest BCUT2D eigenvalue weighted by molar-refractivity contribution is 6.08. The minimum atomic E-state index is 1.25. The van der Waals surface area contributed by atoms with Crippen LogP contribution in [0, 0.1) is 0 Å². The van der Waals surface area contributed by atoms with Crippen LogP contribution in [-0.2, 0) is 0 Å². The average molecular weight is 330 g/mol. The molecule has 0 fully saturated rings. The van der Waals surface area contributed by atoms with Crippen LogP contribution in [0.15, 0.2) is 97.1 Å². The maximum atomic E-state index is 2.28. The van der Waals surface area contributed by atoms with Crippen molar-refractivity contribution >= 4 is 44.5 Å². The predicted molar refractivity (Wildman–Crippen MR) is 114 cm³/mol. The quantitative estimate of drug-likeness (QED) is 0.235. The Bertz CT molecular complexity index is 1220. The number of rotatable bonds is 2. The molecule has 0 heteroatoms. The van der Waals surface area contributed by atoms with E-state index in [1.165, 1.54) is 43.4 Å². The topological polar surface area (TPSA) is 0 Å². The van der Waals surface area contributed by atoms with E-state index in [9.17, 15) is 0 Å². The molecule has 5 aromatic rings. The predicted octanol–water partition coefficient (Wildman–Crippen LogP) is 7.32. The fraction of sp³-hybridized carbons (Fsp3) is 0. The molecule has 0 amide bonds. The molecule has 0 aliphatic rings. The second-order valence-electron chi connectivity index (χ2n) is 6.63. The summed E-state index contributed by atoms with van der Waals surface area (Å²) >= 11 is 0. The van der Waals surface area contributed by atoms with Crippen molar-refractivity contribution in [1.29, 1.82) is 0 Å². The molecule has 0 radical (unpaired) electrons. The Kier molecular flexibility index (Phi) is 3.54. The van der Waals surface area contributed by atoms with Crippen molar-refractivity contribution in [2.24, 2.45) is 0 Å². The van der Waals surface area contributed by atoms with Crippen molar-refractivity contribution in [3.8, 4) is 0 Å². The van der Waals surface area contributed by atoms with Gasteiger partial charge in [0.15, 0.2) is 0 Å². The van der Waals surface area contributed by atoms with Gasteiger partial charge in [0.2, 0.25) is 0 Å². The van der Waals surface area contributed by atoms with Crippen LogP contribution in [0.2, 0.25) is 0 Å². The summed E-state index contributed by atoms with van der Waals surface area (Å²) in [4.78, 5) is 0. The van der Waals surface area contributed by atoms with Gasteiger partial charge in [0.1, 0.15) is 0 Å². The highest BCUT2D eigenvalue weighted by atomic mass is 14.1. The minimum absolute atomic E-state index is 1.25. The minimum Gasteiger partial charge on any atom is -0.0616 e. The smallest absolute Gasteiger partial charge is 0.00992 e. The second-order valence-corrected chi connectivity index (χ2v) is 6.63. The Balaban J connectivity index is 1.76. The van der Waals surface area contributed by atoms with Gasteiger partial charge in [-0.1, -0.05) is 103 Å². The molecule has 0 saturated heterocycles. The maximum Gasteiger partial charge on any atom is -0.00992 e. The van der Waals surface area contributed by atoms with Crippen LogP contribution in [-0.4, -0.2) is 0 Å². The standard InChI is InChI=1S/C26H18/c1-4-13-23-19(8-1)11-7-12-20(23)16-17-26-24-14-5-2-9-21(24)18-22-10-3-6-15-25(22)26/h1-18H/b17-16+. The van der Waals surface area contributed by atoms with Crippen molar-refractivity contribution in [2.75, 3.05) is 0 Å². The molecule has 0 N–H and O–H groups in total. The molecule has 0 aliphatic carbocycles. The summed E-state index contributed by atoms with van der Waals surface area (Å²) in [5.41, 5.74) is 2.53. The summed E-state index contributed by atoms with van der Waals surface area (Å²) in [5, 5.41) is 7.71. The van der Waals surface area contributed by atoms with Crippen molar-refractivity contribution in [3.63, 3.8) is 0 Å². The lowest BCUT2D eigenvalue weighted by molar-refractivity contribution is 1.71. The molecule has 0 aliphatic heterocycles. The summed E-state index contributed by atoms with van der Waals surface area (Å²) in [7, 11) is 0. The molecular formula is C26H18. The highest BCUT2D eigenvalue weighted by Crippen LogP contribution is 2.30. The number of hydrogen-bond donors (Lipinski definition) is 0. The van der Waals surface area contributed by atoms with E-state index in [1.807, 2.05) is 0 Å². The van der Waals surface area contributed by atoms with E-state index >= 15 is 0 Å². The summed E-state index contributed by atoms with van der Waals surface area (Å²) in [6, 6.07) is 34.6. The summed E-state index contributed by atoms with van der Waals surface area (Å²) in [6.45, 7) is 0. The lowest BCUT2D eigenvalue weighted by atomic mass is 9.95. The van der Waals surface area contributed by atoms with E-state index in [0.29, 0.717) is 0 Å². The second kappa shape index (κ2) is 6.16. The molecule has 5 aromatic carbocycles. The van der Waals surface area contributed by atoms with E-state index in [4.69, 9.17) is 0 Å². The Labute approximate surface area is 153 Å². The lowest BCUT2D eigenvalue weighted by Crippen LogP contribution is -1.83. The molecule has 0 nitrogen and oxygen atoms in total. The zero-order valence-electron chi connectivity index (χ0n) is 14.4. The first-order chi connectivity index (χ1) is 12.9. The Morgan fingerprint density at radius 3 is 1.65 bits per heavy atom. The first-order valence-electron chi connectivity index (χ1n) is 8.96. The van der Waals surface area contributed by atoms with Gasteiger partial charge in [-0.25, -0.2) is 0 Å². The summed E-state index contributed by atoms with van der Waals surface area (Å²) in [5.74, 6) is 0. The van der Waals surface area contributed by atoms with Gasteiger partial charge >= 0.3 is 0 Å². The zero-order chi connectivity index (χ0) is 17.3. The van der Waals surface area contributed by atoms with E-state index in [1.54, 1.807) is 0 Å². The summed E-state index contributed by atoms with van der Waals surface area (Å²) < 4.78 is 0. The third-order valence-corrected chi connectivity index (χ3v) is 5.07. The van der Waals surface area contributed by atoms with Crippen LogP contribution in [0.4, 0.5) is 0 Å². The first kappa shape index (κ1) is 14.9. The molecule has 5 rings (SSSR count). The van der Waals surface area contributed by atoms with Gasteiger partial charge < -0.3 is 0 Å². The van der Waals surface area contributed by atoms with Gasteiger partial charge in [-0.2, -0.15) is 0 Å². The number of hydrogen-bond acceptors (Lipinski definition) is 0. The van der Waals surface area contributed by atoms with Gasteiger partial charge in [-0.15, -0.1) is 0 Å². The van der Waals surface area contributed by atoms with Crippen molar-refractivity contribution in [1.82, 2.24) is 0 Å². The molecule has 0 atom stereocenters. The molecule has 0 saturated carbocycles. The van der Waals surface area contributed by atoms with Crippen LogP contribution in [0.5, 0.6) is 0 Å². The van der Waals surface area contributed by atoms with Crippen LogP contribution < -0.4 is 0 Å². The summed E-state index contributed by atoms with van der Waals surface area (Å²) in [6.07, 6.45) is 4.52. The molecule has 0 spiro atoms. The van der Waals surface area contributed by atoms with Crippen LogP contribution in [0.3, 0.4) is 0 Å².